The highest BCUT2D eigenvalue weighted by Crippen LogP contribution is 2.67. The zero-order chi connectivity index (χ0) is 23.4. The molecule has 3 saturated carbocycles. The smallest absolute Gasteiger partial charge is 0.0868 e. The minimum atomic E-state index is -0.739. The lowest BCUT2D eigenvalue weighted by Gasteiger charge is -2.58. The van der Waals surface area contributed by atoms with Gasteiger partial charge in [0.15, 0.2) is 0 Å². The number of rotatable bonds is 5. The Hall–Kier alpha value is -1.12. The number of aliphatic hydroxyl groups excluding tert-OH is 1. The Balaban J connectivity index is 1.29. The van der Waals surface area contributed by atoms with Gasteiger partial charge in [-0.3, -0.25) is 0 Å². The van der Waals surface area contributed by atoms with Crippen LogP contribution in [0.3, 0.4) is 0 Å². The van der Waals surface area contributed by atoms with Crippen molar-refractivity contribution in [3.8, 4) is 0 Å². The lowest BCUT2D eigenvalue weighted by atomic mass is 9.47. The SMILES string of the molecule is C[C@H](CC[C@](C)(O)c1ccccc1)[C@H]1CC[C@@H]2[C@H]3CC=C4C[C@@H](O)CC[C@]4(C)[C@H]3CC[C@@]21C. The molecular formula is C31H46O2. The van der Waals surface area contributed by atoms with Gasteiger partial charge in [-0.25, -0.2) is 0 Å². The van der Waals surface area contributed by atoms with E-state index >= 15 is 0 Å². The highest BCUT2D eigenvalue weighted by atomic mass is 16.3. The third kappa shape index (κ3) is 3.94. The molecule has 0 aromatic heterocycles. The van der Waals surface area contributed by atoms with E-state index in [2.05, 4.69) is 39.0 Å². The molecule has 0 aliphatic heterocycles. The fourth-order valence-electron chi connectivity index (χ4n) is 9.27. The fraction of sp³-hybridized carbons (Fsp3) is 0.742. The van der Waals surface area contributed by atoms with Crippen LogP contribution in [0.2, 0.25) is 0 Å². The first kappa shape index (κ1) is 23.6. The fourth-order valence-corrected chi connectivity index (χ4v) is 9.27. The Morgan fingerprint density at radius 3 is 2.55 bits per heavy atom. The molecule has 0 amide bonds. The van der Waals surface area contributed by atoms with Gasteiger partial charge in [0.1, 0.15) is 0 Å². The maximum Gasteiger partial charge on any atom is 0.0868 e. The summed E-state index contributed by atoms with van der Waals surface area (Å²) in [6.07, 6.45) is 14.2. The Kier molecular flexibility index (Phi) is 6.10. The van der Waals surface area contributed by atoms with Crippen LogP contribution in [0.5, 0.6) is 0 Å². The highest BCUT2D eigenvalue weighted by molar-refractivity contribution is 5.25. The van der Waals surface area contributed by atoms with Crippen LogP contribution < -0.4 is 0 Å². The van der Waals surface area contributed by atoms with E-state index in [1.165, 1.54) is 38.5 Å². The number of aliphatic hydroxyl groups is 2. The van der Waals surface area contributed by atoms with Crippen molar-refractivity contribution < 1.29 is 10.2 Å². The third-order valence-electron chi connectivity index (χ3n) is 11.3. The summed E-state index contributed by atoms with van der Waals surface area (Å²) in [5.41, 5.74) is 2.67. The standard InChI is InChI=1S/C31H46O2/c1-21(14-19-31(4,33)22-8-6-5-7-9-22)26-12-13-27-25-11-10-23-20-24(32)15-17-29(23,2)28(25)16-18-30(26,27)3/h5-10,21,24-28,32-33H,11-20H2,1-4H3/t21-,24+,25-,26-,27-,28+,29+,30-,31+/m1/s1. The van der Waals surface area contributed by atoms with Gasteiger partial charge in [0.05, 0.1) is 11.7 Å². The van der Waals surface area contributed by atoms with Crippen molar-refractivity contribution in [2.45, 2.75) is 104 Å². The maximum absolute atomic E-state index is 11.2. The molecule has 0 unspecified atom stereocenters. The van der Waals surface area contributed by atoms with Gasteiger partial charge in [-0.05, 0) is 117 Å². The van der Waals surface area contributed by atoms with Gasteiger partial charge in [0.25, 0.3) is 0 Å². The van der Waals surface area contributed by atoms with Crippen molar-refractivity contribution in [3.63, 3.8) is 0 Å². The van der Waals surface area contributed by atoms with Crippen molar-refractivity contribution in [1.29, 1.82) is 0 Å². The van der Waals surface area contributed by atoms with Gasteiger partial charge in [0, 0.05) is 0 Å². The molecule has 0 heterocycles. The van der Waals surface area contributed by atoms with Crippen molar-refractivity contribution in [2.75, 3.05) is 0 Å². The van der Waals surface area contributed by atoms with Gasteiger partial charge in [-0.2, -0.15) is 0 Å². The predicted molar refractivity (Wildman–Crippen MR) is 136 cm³/mol. The van der Waals surface area contributed by atoms with Crippen molar-refractivity contribution in [1.82, 2.24) is 0 Å². The Morgan fingerprint density at radius 1 is 1.03 bits per heavy atom. The molecule has 0 spiro atoms. The number of allylic oxidation sites excluding steroid dienone is 1. The summed E-state index contributed by atoms with van der Waals surface area (Å²) in [4.78, 5) is 0. The average molecular weight is 451 g/mol. The summed E-state index contributed by atoms with van der Waals surface area (Å²) in [7, 11) is 0. The average Bonchev–Trinajstić information content (AvgIpc) is 3.16. The van der Waals surface area contributed by atoms with Gasteiger partial charge in [-0.1, -0.05) is 62.8 Å². The molecule has 1 aromatic carbocycles. The zero-order valence-corrected chi connectivity index (χ0v) is 21.4. The number of hydrogen-bond donors (Lipinski definition) is 2. The number of fused-ring (bicyclic) bond motifs is 5. The normalized spacial score (nSPS) is 43.0. The van der Waals surface area contributed by atoms with Crippen LogP contribution in [0.4, 0.5) is 0 Å². The molecule has 0 saturated heterocycles. The molecule has 3 fully saturated rings. The van der Waals surface area contributed by atoms with Gasteiger partial charge >= 0.3 is 0 Å². The molecular weight excluding hydrogens is 404 g/mol. The van der Waals surface area contributed by atoms with Gasteiger partial charge in [0.2, 0.25) is 0 Å². The largest absolute Gasteiger partial charge is 0.393 e. The first-order valence-corrected chi connectivity index (χ1v) is 13.8. The van der Waals surface area contributed by atoms with Crippen molar-refractivity contribution >= 4 is 0 Å². The summed E-state index contributed by atoms with van der Waals surface area (Å²) in [6, 6.07) is 10.2. The molecule has 33 heavy (non-hydrogen) atoms. The molecule has 2 N–H and O–H groups in total. The Morgan fingerprint density at radius 2 is 1.79 bits per heavy atom. The van der Waals surface area contributed by atoms with E-state index in [4.69, 9.17) is 0 Å². The van der Waals surface area contributed by atoms with E-state index < -0.39 is 5.60 Å². The molecule has 4 aliphatic carbocycles. The molecule has 5 rings (SSSR count). The minimum absolute atomic E-state index is 0.112. The molecule has 4 aliphatic rings. The Labute approximate surface area is 201 Å². The van der Waals surface area contributed by atoms with E-state index in [1.807, 2.05) is 25.1 Å². The highest BCUT2D eigenvalue weighted by Gasteiger charge is 2.59. The lowest BCUT2D eigenvalue weighted by Crippen LogP contribution is -2.50. The van der Waals surface area contributed by atoms with Gasteiger partial charge < -0.3 is 10.2 Å². The summed E-state index contributed by atoms with van der Waals surface area (Å²) in [5.74, 6) is 3.93. The zero-order valence-electron chi connectivity index (χ0n) is 21.4. The Bertz CT molecular complexity index is 872. The summed E-state index contributed by atoms with van der Waals surface area (Å²) >= 11 is 0. The quantitative estimate of drug-likeness (QED) is 0.464. The molecule has 2 nitrogen and oxygen atoms in total. The summed E-state index contributed by atoms with van der Waals surface area (Å²) < 4.78 is 0. The van der Waals surface area contributed by atoms with Crippen LogP contribution in [0, 0.1) is 40.4 Å². The van der Waals surface area contributed by atoms with E-state index in [1.54, 1.807) is 5.57 Å². The van der Waals surface area contributed by atoms with Crippen LogP contribution in [0.25, 0.3) is 0 Å². The molecule has 0 radical (unpaired) electrons. The van der Waals surface area contributed by atoms with E-state index in [0.717, 1.165) is 54.9 Å². The minimum Gasteiger partial charge on any atom is -0.393 e. The molecule has 0 bridgehead atoms. The van der Waals surface area contributed by atoms with Crippen LogP contribution in [-0.4, -0.2) is 16.3 Å². The van der Waals surface area contributed by atoms with Crippen LogP contribution in [0.15, 0.2) is 42.0 Å². The van der Waals surface area contributed by atoms with Crippen LogP contribution in [0.1, 0.15) is 97.5 Å². The second kappa shape index (κ2) is 8.52. The summed E-state index contributed by atoms with van der Waals surface area (Å²) in [5, 5.41) is 21.4. The lowest BCUT2D eigenvalue weighted by molar-refractivity contribution is -0.0589. The molecule has 1 aromatic rings. The first-order chi connectivity index (χ1) is 15.6. The third-order valence-corrected chi connectivity index (χ3v) is 11.3. The molecule has 2 heteroatoms. The second-order valence-electron chi connectivity index (χ2n) is 13.0. The predicted octanol–water partition coefficient (Wildman–Crippen LogP) is 7.25. The van der Waals surface area contributed by atoms with Crippen LogP contribution >= 0.6 is 0 Å². The molecule has 9 atom stereocenters. The first-order valence-electron chi connectivity index (χ1n) is 13.8. The van der Waals surface area contributed by atoms with Crippen molar-refractivity contribution in [2.24, 2.45) is 40.4 Å². The van der Waals surface area contributed by atoms with Crippen LogP contribution in [-0.2, 0) is 5.60 Å². The van der Waals surface area contributed by atoms with E-state index in [-0.39, 0.29) is 6.10 Å². The van der Waals surface area contributed by atoms with E-state index in [9.17, 15) is 10.2 Å². The van der Waals surface area contributed by atoms with Gasteiger partial charge in [-0.15, -0.1) is 0 Å². The van der Waals surface area contributed by atoms with E-state index in [0.29, 0.717) is 16.7 Å². The monoisotopic (exact) mass is 450 g/mol. The van der Waals surface area contributed by atoms with Crippen molar-refractivity contribution in [3.05, 3.63) is 47.5 Å². The second-order valence-corrected chi connectivity index (χ2v) is 13.0. The number of benzene rings is 1. The maximum atomic E-state index is 11.2. The summed E-state index contributed by atoms with van der Waals surface area (Å²) in [6.45, 7) is 9.62. The topological polar surface area (TPSA) is 40.5 Å². The number of hydrogen-bond acceptors (Lipinski definition) is 2. The molecule has 182 valence electrons.